The van der Waals surface area contributed by atoms with E-state index in [1.165, 1.54) is 64.1 Å². The Bertz CT molecular complexity index is 4350. The van der Waals surface area contributed by atoms with Crippen molar-refractivity contribution in [2.45, 2.75) is 178 Å². The fourth-order valence-corrected chi connectivity index (χ4v) is 18.3. The summed E-state index contributed by atoms with van der Waals surface area (Å²) < 4.78 is 151. The van der Waals surface area contributed by atoms with Gasteiger partial charge in [0.2, 0.25) is 20.0 Å². The minimum Gasteiger partial charge on any atom is -0.481 e. The summed E-state index contributed by atoms with van der Waals surface area (Å²) in [4.78, 5) is 59.5. The standard InChI is InChI=1S/C40H54N3O12PS.C34H43N2O11PS.C6H13NO2.ClH/c1-27(2)23-43(24-36(44)35(22-30-12-8-6-9-13-30)41-40(46)54-37-25-51-39-34(37)20-21-50-39)57(48,49)33-18-16-31(17-19-33)52-26-56(47,55-32-14-10-7-11-15-32)42-29(5)38(45)53-28(3)4;1-24(2)20-36(49(41,42)28-15-13-26(14-16-28)45-23-48(39,40)47-27-11-7-4-8-12-27)21-31(37)30(19-25-9-5-3-6-10-25)35-34(38)46-32-22-44-33-29(32)17-18-43-33;1-4(2)9-6(8)5(3)7;/h6-19,27-29,34-37,39,44H,20-26H2,1-5H3,(H,41,46)(H,42,47);3-16,24,29-33,37H,17-23H2,1-2H3,(H,35,38)(H,39,40);4-5H,7H2,1-3H3;1H/t29-,34-,35-,36+,37-,39+,56?;29-,30-,31+,32-,33+;5-;/m000./s1. The third-order valence-corrected chi connectivity index (χ3v) is 24.5. The van der Waals surface area contributed by atoms with Gasteiger partial charge in [-0.3, -0.25) is 14.2 Å². The Morgan fingerprint density at radius 2 is 0.871 bits per heavy atom. The molecule has 31 nitrogen and oxygen atoms in total. The predicted molar refractivity (Wildman–Crippen MR) is 433 cm³/mol. The van der Waals surface area contributed by atoms with Gasteiger partial charge in [-0.2, -0.15) is 8.61 Å². The molecule has 36 heteroatoms. The molecule has 2 amide bonds. The summed E-state index contributed by atoms with van der Waals surface area (Å²) in [5, 5.41) is 31.5. The van der Waals surface area contributed by atoms with Gasteiger partial charge in [0.05, 0.1) is 84.6 Å². The monoisotopic (exact) mass is 1720 g/mol. The quantitative estimate of drug-likeness (QED) is 0.0108. The van der Waals surface area contributed by atoms with E-state index >= 15 is 0 Å². The Balaban J connectivity index is 0.000000290. The number of ether oxygens (including phenoxy) is 10. The number of hydrogen-bond donors (Lipinski definition) is 7. The smallest absolute Gasteiger partial charge is 0.413 e. The van der Waals surface area contributed by atoms with Gasteiger partial charge in [-0.05, 0) is 163 Å². The zero-order chi connectivity index (χ0) is 83.6. The number of nitrogens with two attached hydrogens (primary N) is 1. The number of aliphatic hydroxyl groups excluding tert-OH is 2. The third kappa shape index (κ3) is 30.2. The Morgan fingerprint density at radius 1 is 0.500 bits per heavy atom. The molecule has 0 aliphatic carbocycles. The highest BCUT2D eigenvalue weighted by Crippen LogP contribution is 2.45. The minimum atomic E-state index is -4.19. The Hall–Kier alpha value is -7.79. The summed E-state index contributed by atoms with van der Waals surface area (Å²) in [6.45, 7) is 18.5. The number of nitrogens with zero attached hydrogens (tertiary/aromatic N) is 2. The van der Waals surface area contributed by atoms with Gasteiger partial charge in [0.25, 0.3) is 0 Å². The molecule has 0 spiro atoms. The van der Waals surface area contributed by atoms with E-state index in [0.717, 1.165) is 11.1 Å². The third-order valence-electron chi connectivity index (χ3n) is 18.1. The zero-order valence-corrected chi connectivity index (χ0v) is 71.0. The fraction of sp³-hybridized carbons (Fsp3) is 0.500. The van der Waals surface area contributed by atoms with Crippen LogP contribution < -0.4 is 40.0 Å². The number of nitrogens with one attached hydrogen (secondary N) is 3. The lowest BCUT2D eigenvalue weighted by Gasteiger charge is -2.31. The molecule has 2 unspecified atom stereocenters. The number of aliphatic hydroxyl groups is 2. The van der Waals surface area contributed by atoms with E-state index in [9.17, 15) is 60.3 Å². The van der Waals surface area contributed by atoms with Crippen molar-refractivity contribution in [2.75, 3.05) is 65.3 Å². The van der Waals surface area contributed by atoms with Crippen molar-refractivity contribution < 1.29 is 117 Å². The van der Waals surface area contributed by atoms with Crippen LogP contribution >= 0.6 is 27.5 Å². The Morgan fingerprint density at radius 3 is 1.24 bits per heavy atom. The summed E-state index contributed by atoms with van der Waals surface area (Å²) in [5.74, 6) is -0.469. The van der Waals surface area contributed by atoms with Crippen molar-refractivity contribution in [1.29, 1.82) is 0 Å². The zero-order valence-electron chi connectivity index (χ0n) is 66.7. The molecule has 4 aliphatic heterocycles. The number of alkyl carbamates (subject to hydrolysis) is 2. The van der Waals surface area contributed by atoms with Crippen molar-refractivity contribution in [3.63, 3.8) is 0 Å². The molecule has 4 heterocycles. The maximum Gasteiger partial charge on any atom is 0.413 e. The molecule has 14 atom stereocenters. The lowest BCUT2D eigenvalue weighted by Crippen LogP contribution is -2.51. The van der Waals surface area contributed by atoms with Crippen LogP contribution in [0, 0.1) is 23.7 Å². The van der Waals surface area contributed by atoms with Gasteiger partial charge in [0.1, 0.15) is 47.3 Å². The predicted octanol–water partition coefficient (Wildman–Crippen LogP) is 10.4. The number of hydrogen-bond acceptors (Lipinski definition) is 25. The van der Waals surface area contributed by atoms with Crippen molar-refractivity contribution in [3.8, 4) is 23.0 Å². The molecule has 0 radical (unpaired) electrons. The maximum absolute atomic E-state index is 14.2. The van der Waals surface area contributed by atoms with Crippen molar-refractivity contribution in [1.82, 2.24) is 24.3 Å². The molecule has 4 fully saturated rings. The van der Waals surface area contributed by atoms with Crippen LogP contribution in [0.5, 0.6) is 23.0 Å². The van der Waals surface area contributed by atoms with Crippen LogP contribution in [0.25, 0.3) is 0 Å². The molecular weight excluding hydrogens is 1610 g/mol. The Kier molecular flexibility index (Phi) is 37.3. The second-order valence-electron chi connectivity index (χ2n) is 29.6. The first-order valence-corrected chi connectivity index (χ1v) is 44.7. The molecular formula is C80H111ClN6O25P2S2. The molecule has 4 aliphatic rings. The number of carbonyl (C=O) groups is 4. The lowest BCUT2D eigenvalue weighted by atomic mass is 10.0. The summed E-state index contributed by atoms with van der Waals surface area (Å²) >= 11 is 0. The van der Waals surface area contributed by atoms with Gasteiger partial charge in [-0.1, -0.05) is 125 Å². The number of amides is 2. The molecule has 116 heavy (non-hydrogen) atoms. The summed E-state index contributed by atoms with van der Waals surface area (Å²) in [7, 11) is -16.4. The second-order valence-corrected chi connectivity index (χ2v) is 37.2. The fourth-order valence-electron chi connectivity index (χ4n) is 12.5. The van der Waals surface area contributed by atoms with Crippen LogP contribution in [0.2, 0.25) is 0 Å². The van der Waals surface area contributed by atoms with Gasteiger partial charge in [-0.25, -0.2) is 36.1 Å². The average Bonchev–Trinajstić information content (AvgIpc) is 1.62. The number of halogens is 1. The first-order chi connectivity index (χ1) is 54.5. The van der Waals surface area contributed by atoms with Crippen molar-refractivity contribution >= 4 is 71.7 Å². The Labute approximate surface area is 685 Å². The van der Waals surface area contributed by atoms with E-state index in [0.29, 0.717) is 26.1 Å². The van der Waals surface area contributed by atoms with E-state index < -0.39 is 127 Å². The highest BCUT2D eigenvalue weighted by molar-refractivity contribution is 7.89. The largest absolute Gasteiger partial charge is 0.481 e. The molecule has 6 aromatic rings. The molecule has 8 N–H and O–H groups in total. The first-order valence-electron chi connectivity index (χ1n) is 38.2. The van der Waals surface area contributed by atoms with Gasteiger partial charge < -0.3 is 87.9 Å². The number of para-hydroxylation sites is 2. The number of fused-ring (bicyclic) bond motifs is 2. The molecule has 0 saturated carbocycles. The van der Waals surface area contributed by atoms with Crippen molar-refractivity contribution in [2.24, 2.45) is 29.4 Å². The van der Waals surface area contributed by atoms with E-state index in [2.05, 4.69) is 15.7 Å². The second kappa shape index (κ2) is 45.4. The number of esters is 2. The SMILES string of the molecule is CC(C)CN(C[C@@H](O)[C@H](Cc1ccccc1)NC(=O)O[C@H]1CO[C@H]2OCC[C@H]21)S(=O)(=O)c1ccc(OCP(=O)(N[C@@H](C)C(=O)OC(C)C)Oc2ccccc2)cc1.CC(C)CN(C[C@@H](O)[C@H](Cc1ccccc1)NC(=O)O[C@H]1CO[C@H]2OCC[C@H]21)S(=O)(=O)c1ccc(OCP(=O)(O)Oc2ccccc2)cc1.CC(C)OC(=O)[C@H](C)N.Cl. The first kappa shape index (κ1) is 95.4. The maximum atomic E-state index is 14.2. The highest BCUT2D eigenvalue weighted by Gasteiger charge is 2.46. The average molecular weight is 1720 g/mol. The van der Waals surface area contributed by atoms with E-state index in [1.807, 2.05) is 88.4 Å². The van der Waals surface area contributed by atoms with E-state index in [4.69, 9.17) is 62.1 Å². The summed E-state index contributed by atoms with van der Waals surface area (Å²) in [6, 6.07) is 42.7. The van der Waals surface area contributed by atoms with E-state index in [1.54, 1.807) is 95.3 Å². The molecule has 10 rings (SSSR count). The molecule has 640 valence electrons. The number of carbonyl (C=O) groups excluding carboxylic acids is 4. The van der Waals surface area contributed by atoms with E-state index in [-0.39, 0.29) is 139 Å². The van der Waals surface area contributed by atoms with Gasteiger partial charge >= 0.3 is 39.2 Å². The van der Waals surface area contributed by atoms with Crippen molar-refractivity contribution in [3.05, 3.63) is 181 Å². The molecule has 6 aromatic carbocycles. The van der Waals surface area contributed by atoms with Crippen LogP contribution in [0.15, 0.2) is 180 Å². The van der Waals surface area contributed by atoms with Gasteiger partial charge in [-0.15, -0.1) is 12.4 Å². The molecule has 4 saturated heterocycles. The van der Waals surface area contributed by atoms with Crippen LogP contribution in [0.1, 0.15) is 93.2 Å². The number of sulfonamides is 2. The van der Waals surface area contributed by atoms with Crippen LogP contribution in [-0.2, 0) is 89.5 Å². The van der Waals surface area contributed by atoms with Crippen LogP contribution in [-0.4, -0.2) is 203 Å². The highest BCUT2D eigenvalue weighted by atomic mass is 35.5. The molecule has 0 bridgehead atoms. The minimum absolute atomic E-state index is 0. The van der Waals surface area contributed by atoms with Gasteiger partial charge in [0, 0.05) is 26.2 Å². The normalized spacial score (nSPS) is 20.3. The number of rotatable bonds is 38. The van der Waals surface area contributed by atoms with Crippen LogP contribution in [0.4, 0.5) is 9.59 Å². The lowest BCUT2D eigenvalue weighted by molar-refractivity contribution is -0.149. The molecule has 0 aromatic heterocycles. The van der Waals surface area contributed by atoms with Crippen LogP contribution in [0.3, 0.4) is 0 Å². The number of benzene rings is 6. The topological polar surface area (TPSA) is 411 Å². The summed E-state index contributed by atoms with van der Waals surface area (Å²) in [6.07, 6.45) is -5.70. The van der Waals surface area contributed by atoms with Gasteiger partial charge in [0.15, 0.2) is 25.3 Å². The summed E-state index contributed by atoms with van der Waals surface area (Å²) in [5.41, 5.74) is 6.86.